The lowest BCUT2D eigenvalue weighted by molar-refractivity contribution is 0.197. The van der Waals surface area contributed by atoms with Crippen LogP contribution in [0.1, 0.15) is 36.8 Å². The van der Waals surface area contributed by atoms with Gasteiger partial charge in [-0.05, 0) is 24.0 Å². The van der Waals surface area contributed by atoms with Crippen molar-refractivity contribution in [1.29, 1.82) is 0 Å². The Kier molecular flexibility index (Phi) is 5.09. The number of carbonyl (C=O) groups is 1. The third-order valence-electron chi connectivity index (χ3n) is 6.09. The fourth-order valence-corrected chi connectivity index (χ4v) is 4.81. The normalized spacial score (nSPS) is 23.3. The predicted octanol–water partition coefficient (Wildman–Crippen LogP) is 5.48. The van der Waals surface area contributed by atoms with E-state index in [1.807, 2.05) is 12.1 Å². The summed E-state index contributed by atoms with van der Waals surface area (Å²) in [4.78, 5) is 16.3. The van der Waals surface area contributed by atoms with Crippen molar-refractivity contribution in [2.45, 2.75) is 50.9 Å². The van der Waals surface area contributed by atoms with Gasteiger partial charge in [0.05, 0.1) is 12.1 Å². The lowest BCUT2D eigenvalue weighted by Gasteiger charge is -2.32. The summed E-state index contributed by atoms with van der Waals surface area (Å²) >= 11 is 0. The van der Waals surface area contributed by atoms with E-state index in [2.05, 4.69) is 78.8 Å². The number of amides is 2. The van der Waals surface area contributed by atoms with E-state index < -0.39 is 6.03 Å². The number of carbonyl (C=O) groups excluding carboxylic acids is 1. The highest BCUT2D eigenvalue weighted by Crippen LogP contribution is 2.42. The highest BCUT2D eigenvalue weighted by molar-refractivity contribution is 5.75. The Bertz CT molecular complexity index is 923. The lowest BCUT2D eigenvalue weighted by Crippen LogP contribution is -2.39. The second kappa shape index (κ2) is 8.18. The Balaban J connectivity index is 1.58. The zero-order valence-corrected chi connectivity index (χ0v) is 16.8. The zero-order chi connectivity index (χ0) is 20.3. The molecule has 7 nitrogen and oxygen atoms in total. The van der Waals surface area contributed by atoms with Crippen LogP contribution in [0.5, 0.6) is 0 Å². The molecule has 1 saturated carbocycles. The van der Waals surface area contributed by atoms with Gasteiger partial charge in [-0.1, -0.05) is 83.7 Å². The topological polar surface area (TPSA) is 73.0 Å². The lowest BCUT2D eigenvalue weighted by atomic mass is 9.90. The first kappa shape index (κ1) is 18.7. The number of nitrogens with zero attached hydrogens (tertiary/aromatic N) is 6. The van der Waals surface area contributed by atoms with Gasteiger partial charge in [0.2, 0.25) is 5.82 Å². The van der Waals surface area contributed by atoms with E-state index >= 15 is 0 Å². The maximum atomic E-state index is 11.4. The van der Waals surface area contributed by atoms with E-state index in [0.717, 1.165) is 31.8 Å². The smallest absolute Gasteiger partial charge is 0.346 e. The molecule has 7 heteroatoms. The fourth-order valence-electron chi connectivity index (χ4n) is 4.81. The third-order valence-corrected chi connectivity index (χ3v) is 6.09. The maximum Gasteiger partial charge on any atom is 0.404 e. The summed E-state index contributed by atoms with van der Waals surface area (Å²) in [5.41, 5.74) is 2.48. The monoisotopic (exact) mass is 400 g/mol. The van der Waals surface area contributed by atoms with Crippen LogP contribution in [0.3, 0.4) is 0 Å². The molecular weight excluding hydrogens is 376 g/mol. The van der Waals surface area contributed by atoms with Crippen LogP contribution in [-0.4, -0.2) is 27.9 Å². The van der Waals surface area contributed by atoms with Crippen molar-refractivity contribution in [3.05, 3.63) is 83.4 Å². The van der Waals surface area contributed by atoms with Crippen molar-refractivity contribution in [3.8, 4) is 0 Å². The van der Waals surface area contributed by atoms with Crippen LogP contribution in [0.15, 0.2) is 92.8 Å². The number of fused-ring (bicyclic) bond motifs is 1. The molecule has 2 unspecified atom stereocenters. The average Bonchev–Trinajstić information content (AvgIpc) is 3.09. The third kappa shape index (κ3) is 3.63. The van der Waals surface area contributed by atoms with Crippen LogP contribution in [0.25, 0.3) is 0 Å². The molecule has 1 saturated heterocycles. The van der Waals surface area contributed by atoms with Gasteiger partial charge < -0.3 is 9.80 Å². The molecule has 0 spiro atoms. The minimum absolute atomic E-state index is 0.383. The summed E-state index contributed by atoms with van der Waals surface area (Å²) in [6.07, 6.45) is 4.70. The van der Waals surface area contributed by atoms with Crippen LogP contribution in [0.2, 0.25) is 0 Å². The first-order valence-corrected chi connectivity index (χ1v) is 10.5. The second-order valence-corrected chi connectivity index (χ2v) is 7.98. The Morgan fingerprint density at radius 2 is 1.17 bits per heavy atom. The summed E-state index contributed by atoms with van der Waals surface area (Å²) in [6.45, 7) is 1.54. The van der Waals surface area contributed by atoms with Gasteiger partial charge >= 0.3 is 6.03 Å². The molecule has 0 aromatic heterocycles. The highest BCUT2D eigenvalue weighted by Gasteiger charge is 2.45. The first-order valence-electron chi connectivity index (χ1n) is 10.5. The van der Waals surface area contributed by atoms with Crippen LogP contribution < -0.4 is 0 Å². The molecule has 2 atom stereocenters. The highest BCUT2D eigenvalue weighted by atomic mass is 16.2. The van der Waals surface area contributed by atoms with Crippen molar-refractivity contribution in [1.82, 2.24) is 9.80 Å². The molecule has 2 amide bonds. The molecule has 2 fully saturated rings. The van der Waals surface area contributed by atoms with Gasteiger partial charge in [-0.2, -0.15) is 0 Å². The standard InChI is InChI=1S/C23H24N6O/c30-23-26-24-21(25-27-23)22-28(15-17-9-3-1-4-10-17)19-13-7-8-14-20(19)29(22)16-18-11-5-2-6-12-18/h1-6,9-12,19-20H,7-8,13-16H2. The summed E-state index contributed by atoms with van der Waals surface area (Å²) in [7, 11) is 0. The number of rotatable bonds is 4. The van der Waals surface area contributed by atoms with Gasteiger partial charge in [-0.15, -0.1) is 10.2 Å². The maximum absolute atomic E-state index is 11.4. The Hall–Kier alpha value is -3.35. The molecule has 2 aliphatic heterocycles. The Labute approximate surface area is 175 Å². The van der Waals surface area contributed by atoms with Gasteiger partial charge in [0.15, 0.2) is 5.82 Å². The molecular formula is C23H24N6O. The molecule has 1 aliphatic carbocycles. The number of hydrogen-bond donors (Lipinski definition) is 0. The number of benzene rings is 2. The van der Waals surface area contributed by atoms with Gasteiger partial charge in [0.25, 0.3) is 0 Å². The van der Waals surface area contributed by atoms with E-state index in [9.17, 15) is 4.79 Å². The van der Waals surface area contributed by atoms with E-state index in [0.29, 0.717) is 17.9 Å². The molecule has 0 bridgehead atoms. The predicted molar refractivity (Wildman–Crippen MR) is 112 cm³/mol. The zero-order valence-electron chi connectivity index (χ0n) is 16.8. The minimum Gasteiger partial charge on any atom is -0.346 e. The minimum atomic E-state index is -0.654. The molecule has 2 heterocycles. The molecule has 3 aliphatic rings. The summed E-state index contributed by atoms with van der Waals surface area (Å²) < 4.78 is 0. The quantitative estimate of drug-likeness (QED) is 0.682. The van der Waals surface area contributed by atoms with Crippen molar-refractivity contribution in [3.63, 3.8) is 0 Å². The Morgan fingerprint density at radius 1 is 0.700 bits per heavy atom. The van der Waals surface area contributed by atoms with E-state index in [4.69, 9.17) is 0 Å². The van der Waals surface area contributed by atoms with Gasteiger partial charge in [-0.25, -0.2) is 4.79 Å². The summed E-state index contributed by atoms with van der Waals surface area (Å²) in [5.74, 6) is 1.36. The van der Waals surface area contributed by atoms with Gasteiger partial charge in [0.1, 0.15) is 0 Å². The van der Waals surface area contributed by atoms with E-state index in [-0.39, 0.29) is 0 Å². The largest absolute Gasteiger partial charge is 0.404 e. The number of urea groups is 1. The van der Waals surface area contributed by atoms with E-state index in [1.165, 1.54) is 24.0 Å². The molecule has 152 valence electrons. The van der Waals surface area contributed by atoms with Gasteiger partial charge in [-0.3, -0.25) is 0 Å². The molecule has 30 heavy (non-hydrogen) atoms. The van der Waals surface area contributed by atoms with Crippen molar-refractivity contribution in [2.24, 2.45) is 20.5 Å². The van der Waals surface area contributed by atoms with Gasteiger partial charge in [0, 0.05) is 13.1 Å². The van der Waals surface area contributed by atoms with E-state index in [1.54, 1.807) is 0 Å². The second-order valence-electron chi connectivity index (χ2n) is 7.98. The van der Waals surface area contributed by atoms with Crippen molar-refractivity contribution < 1.29 is 4.79 Å². The van der Waals surface area contributed by atoms with Crippen LogP contribution in [0.4, 0.5) is 4.79 Å². The molecule has 5 rings (SSSR count). The summed E-state index contributed by atoms with van der Waals surface area (Å²) in [6, 6.07) is 21.0. The Morgan fingerprint density at radius 3 is 1.63 bits per heavy atom. The number of azo groups is 2. The number of hydrogen-bond acceptors (Lipinski definition) is 5. The fraction of sp³-hybridized carbons (Fsp3) is 0.348. The SMILES string of the molecule is O=C1N=NC(=C2N(Cc3ccccc3)C3CCCCC3N2Cc2ccccc2)N=N1. The van der Waals surface area contributed by atoms with Crippen LogP contribution in [-0.2, 0) is 13.1 Å². The first-order chi connectivity index (χ1) is 14.8. The van der Waals surface area contributed by atoms with Crippen molar-refractivity contribution in [2.75, 3.05) is 0 Å². The van der Waals surface area contributed by atoms with Crippen LogP contribution in [0, 0.1) is 0 Å². The molecule has 2 aromatic rings. The summed E-state index contributed by atoms with van der Waals surface area (Å²) in [5, 5.41) is 15.6. The molecule has 0 radical (unpaired) electrons. The molecule has 0 N–H and O–H groups in total. The van der Waals surface area contributed by atoms with Crippen molar-refractivity contribution >= 4 is 6.03 Å². The molecule has 2 aromatic carbocycles. The van der Waals surface area contributed by atoms with Crippen LogP contribution >= 0.6 is 0 Å². The average molecular weight is 400 g/mol.